The number of fused-ring (bicyclic) bond motifs is 1. The minimum absolute atomic E-state index is 0.328. The van der Waals surface area contributed by atoms with E-state index in [1.54, 1.807) is 0 Å². The number of nitrogens with one attached hydrogen (secondary N) is 2. The first kappa shape index (κ1) is 11.7. The Bertz CT molecular complexity index is 418. The average molecular weight is 245 g/mol. The fourth-order valence-corrected chi connectivity index (χ4v) is 2.61. The lowest BCUT2D eigenvalue weighted by molar-refractivity contribution is 0.154. The van der Waals surface area contributed by atoms with Gasteiger partial charge in [0.25, 0.3) is 0 Å². The van der Waals surface area contributed by atoms with E-state index in [2.05, 4.69) is 28.0 Å². The minimum atomic E-state index is 0.328. The van der Waals surface area contributed by atoms with Gasteiger partial charge in [0, 0.05) is 5.92 Å². The first-order valence-electron chi connectivity index (χ1n) is 6.60. The quantitative estimate of drug-likeness (QED) is 0.844. The summed E-state index contributed by atoms with van der Waals surface area (Å²) in [5, 5.41) is 7.83. The summed E-state index contributed by atoms with van der Waals surface area (Å²) in [5.74, 6) is 0.509. The van der Waals surface area contributed by atoms with Gasteiger partial charge in [-0.05, 0) is 24.9 Å². The van der Waals surface area contributed by atoms with Gasteiger partial charge in [0.15, 0.2) is 0 Å². The molecule has 18 heavy (non-hydrogen) atoms. The van der Waals surface area contributed by atoms with E-state index in [1.807, 2.05) is 18.2 Å². The molecule has 0 radical (unpaired) electrons. The van der Waals surface area contributed by atoms with Gasteiger partial charge < -0.3 is 4.74 Å². The zero-order chi connectivity index (χ0) is 12.2. The normalized spacial score (nSPS) is 26.3. The van der Waals surface area contributed by atoms with Crippen LogP contribution in [0.1, 0.15) is 18.4 Å². The van der Waals surface area contributed by atoms with Crippen molar-refractivity contribution in [2.24, 2.45) is 11.0 Å². The highest BCUT2D eigenvalue weighted by molar-refractivity contribution is 5.89. The highest BCUT2D eigenvalue weighted by Crippen LogP contribution is 2.21. The molecule has 1 fully saturated rings. The van der Waals surface area contributed by atoms with Gasteiger partial charge in [-0.25, -0.2) is 0 Å². The second-order valence-corrected chi connectivity index (χ2v) is 4.89. The van der Waals surface area contributed by atoms with Crippen molar-refractivity contribution in [1.29, 1.82) is 0 Å². The number of nitrogens with zero attached hydrogens (tertiary/aromatic N) is 1. The Labute approximate surface area is 107 Å². The van der Waals surface area contributed by atoms with Crippen LogP contribution in [0.3, 0.4) is 0 Å². The zero-order valence-electron chi connectivity index (χ0n) is 10.4. The van der Waals surface area contributed by atoms with Crippen LogP contribution >= 0.6 is 0 Å². The van der Waals surface area contributed by atoms with Crippen molar-refractivity contribution in [2.75, 3.05) is 13.2 Å². The molecule has 2 aliphatic heterocycles. The standard InChI is InChI=1S/C14H19N3O/c1-2-5-11(6-3-1)9-18-10-13-12-7-4-8-15-14(12)17-16-13/h1-3,5-6,12,14-15,17H,4,7-10H2/t12-,14+/m1/s1. The molecule has 0 spiro atoms. The van der Waals surface area contributed by atoms with E-state index in [4.69, 9.17) is 4.74 Å². The summed E-state index contributed by atoms with van der Waals surface area (Å²) in [4.78, 5) is 0. The number of piperidine rings is 1. The predicted octanol–water partition coefficient (Wildman–Crippen LogP) is 1.49. The maximum Gasteiger partial charge on any atom is 0.102 e. The first-order chi connectivity index (χ1) is 8.93. The molecule has 1 saturated heterocycles. The summed E-state index contributed by atoms with van der Waals surface area (Å²) in [6.07, 6.45) is 2.76. The Morgan fingerprint density at radius 3 is 3.00 bits per heavy atom. The van der Waals surface area contributed by atoms with Crippen molar-refractivity contribution in [3.8, 4) is 0 Å². The summed E-state index contributed by atoms with van der Waals surface area (Å²) in [6, 6.07) is 10.3. The molecule has 0 aliphatic carbocycles. The Morgan fingerprint density at radius 2 is 2.11 bits per heavy atom. The molecule has 4 heteroatoms. The molecule has 3 rings (SSSR count). The molecule has 0 unspecified atom stereocenters. The summed E-state index contributed by atoms with van der Waals surface area (Å²) in [6.45, 7) is 2.37. The summed E-state index contributed by atoms with van der Waals surface area (Å²) >= 11 is 0. The van der Waals surface area contributed by atoms with Crippen molar-refractivity contribution in [2.45, 2.75) is 25.6 Å². The van der Waals surface area contributed by atoms with Crippen LogP contribution in [0.4, 0.5) is 0 Å². The van der Waals surface area contributed by atoms with E-state index in [-0.39, 0.29) is 0 Å². The lowest BCUT2D eigenvalue weighted by Crippen LogP contribution is -2.47. The molecule has 1 aromatic carbocycles. The zero-order valence-corrected chi connectivity index (χ0v) is 10.4. The fraction of sp³-hybridized carbons (Fsp3) is 0.500. The van der Waals surface area contributed by atoms with Crippen molar-refractivity contribution in [3.05, 3.63) is 35.9 Å². The summed E-state index contributed by atoms with van der Waals surface area (Å²) < 4.78 is 5.75. The van der Waals surface area contributed by atoms with Crippen molar-refractivity contribution in [3.63, 3.8) is 0 Å². The minimum Gasteiger partial charge on any atom is -0.371 e. The molecule has 1 aromatic rings. The third-order valence-corrected chi connectivity index (χ3v) is 3.60. The number of ether oxygens (including phenoxy) is 1. The predicted molar refractivity (Wildman–Crippen MR) is 71.2 cm³/mol. The van der Waals surface area contributed by atoms with E-state index in [9.17, 15) is 0 Å². The second-order valence-electron chi connectivity index (χ2n) is 4.89. The Kier molecular flexibility index (Phi) is 3.57. The third kappa shape index (κ3) is 2.54. The van der Waals surface area contributed by atoms with Crippen molar-refractivity contribution in [1.82, 2.24) is 10.7 Å². The molecular weight excluding hydrogens is 226 g/mol. The molecular formula is C14H19N3O. The third-order valence-electron chi connectivity index (χ3n) is 3.60. The van der Waals surface area contributed by atoms with E-state index >= 15 is 0 Å². The van der Waals surface area contributed by atoms with Gasteiger partial charge in [-0.1, -0.05) is 30.3 Å². The Morgan fingerprint density at radius 1 is 1.22 bits per heavy atom. The average Bonchev–Trinajstić information content (AvgIpc) is 2.84. The van der Waals surface area contributed by atoms with Crippen LogP contribution < -0.4 is 10.7 Å². The maximum atomic E-state index is 5.75. The van der Waals surface area contributed by atoms with Crippen LogP contribution in [0, 0.1) is 5.92 Å². The first-order valence-corrected chi connectivity index (χ1v) is 6.60. The summed E-state index contributed by atoms with van der Waals surface area (Å²) in [7, 11) is 0. The van der Waals surface area contributed by atoms with Gasteiger partial charge in [-0.3, -0.25) is 10.7 Å². The highest BCUT2D eigenvalue weighted by atomic mass is 16.5. The van der Waals surface area contributed by atoms with Crippen LogP contribution in [0.15, 0.2) is 35.4 Å². The number of hydrogen-bond donors (Lipinski definition) is 2. The van der Waals surface area contributed by atoms with E-state index in [1.165, 1.54) is 18.4 Å². The van der Waals surface area contributed by atoms with Crippen LogP contribution in [0.5, 0.6) is 0 Å². The van der Waals surface area contributed by atoms with Gasteiger partial charge in [-0.15, -0.1) is 0 Å². The van der Waals surface area contributed by atoms with Crippen LogP contribution in [-0.2, 0) is 11.3 Å². The van der Waals surface area contributed by atoms with Crippen LogP contribution in [0.2, 0.25) is 0 Å². The molecule has 2 heterocycles. The smallest absolute Gasteiger partial charge is 0.102 e. The topological polar surface area (TPSA) is 45.6 Å². The van der Waals surface area contributed by atoms with E-state index < -0.39 is 0 Å². The molecule has 0 aromatic heterocycles. The Balaban J connectivity index is 1.49. The monoisotopic (exact) mass is 245 g/mol. The summed E-state index contributed by atoms with van der Waals surface area (Å²) in [5.41, 5.74) is 5.52. The molecule has 96 valence electrons. The highest BCUT2D eigenvalue weighted by Gasteiger charge is 2.33. The van der Waals surface area contributed by atoms with Gasteiger partial charge >= 0.3 is 0 Å². The van der Waals surface area contributed by atoms with Gasteiger partial charge in [0.05, 0.1) is 18.9 Å². The number of benzene rings is 1. The Hall–Kier alpha value is -1.39. The SMILES string of the molecule is c1ccc(COCC2=NN[C@@H]3NCCC[C@H]23)cc1. The van der Waals surface area contributed by atoms with Gasteiger partial charge in [0.1, 0.15) is 6.17 Å². The van der Waals surface area contributed by atoms with Gasteiger partial charge in [-0.2, -0.15) is 5.10 Å². The maximum absolute atomic E-state index is 5.75. The van der Waals surface area contributed by atoms with Gasteiger partial charge in [0.2, 0.25) is 0 Å². The largest absolute Gasteiger partial charge is 0.371 e. The second kappa shape index (κ2) is 5.50. The number of hydrogen-bond acceptors (Lipinski definition) is 4. The molecule has 4 nitrogen and oxygen atoms in total. The van der Waals surface area contributed by atoms with Crippen LogP contribution in [0.25, 0.3) is 0 Å². The fourth-order valence-electron chi connectivity index (χ4n) is 2.61. The molecule has 2 atom stereocenters. The molecule has 0 saturated carbocycles. The van der Waals surface area contributed by atoms with E-state index in [0.717, 1.165) is 12.3 Å². The number of rotatable bonds is 4. The number of hydrazone groups is 1. The molecule has 2 aliphatic rings. The van der Waals surface area contributed by atoms with Crippen molar-refractivity contribution >= 4 is 5.71 Å². The lowest BCUT2D eigenvalue weighted by Gasteiger charge is -2.26. The molecule has 0 bridgehead atoms. The lowest BCUT2D eigenvalue weighted by atomic mass is 9.93. The molecule has 0 amide bonds. The van der Waals surface area contributed by atoms with Crippen molar-refractivity contribution < 1.29 is 4.74 Å². The van der Waals surface area contributed by atoms with E-state index in [0.29, 0.717) is 25.3 Å². The van der Waals surface area contributed by atoms with Crippen LogP contribution in [-0.4, -0.2) is 25.0 Å². The molecule has 2 N–H and O–H groups in total.